The summed E-state index contributed by atoms with van der Waals surface area (Å²) >= 11 is 0. The van der Waals surface area contributed by atoms with E-state index >= 15 is 0 Å². The predicted molar refractivity (Wildman–Crippen MR) is 126 cm³/mol. The van der Waals surface area contributed by atoms with Crippen LogP contribution in [0.1, 0.15) is 23.6 Å². The van der Waals surface area contributed by atoms with Gasteiger partial charge in [0, 0.05) is 31.0 Å². The fourth-order valence-corrected chi connectivity index (χ4v) is 4.46. The van der Waals surface area contributed by atoms with Gasteiger partial charge in [0.1, 0.15) is 24.7 Å². The van der Waals surface area contributed by atoms with Crippen LogP contribution >= 0.6 is 0 Å². The highest BCUT2D eigenvalue weighted by molar-refractivity contribution is 6.46. The number of benzene rings is 2. The quantitative estimate of drug-likeness (QED) is 0.318. The molecule has 9 heteroatoms. The van der Waals surface area contributed by atoms with Crippen LogP contribution in [0, 0.1) is 0 Å². The lowest BCUT2D eigenvalue weighted by molar-refractivity contribution is -0.139. The third-order valence-corrected chi connectivity index (χ3v) is 6.14. The topological polar surface area (TPSA) is 103 Å². The fourth-order valence-electron chi connectivity index (χ4n) is 4.46. The highest BCUT2D eigenvalue weighted by Crippen LogP contribution is 2.41. The first kappa shape index (κ1) is 22.5. The molecule has 1 atom stereocenters. The average Bonchev–Trinajstić information content (AvgIpc) is 3.50. The summed E-state index contributed by atoms with van der Waals surface area (Å²) in [6.07, 6.45) is 5.84. The molecule has 0 saturated carbocycles. The van der Waals surface area contributed by atoms with Gasteiger partial charge in [0.25, 0.3) is 11.7 Å². The van der Waals surface area contributed by atoms with Crippen molar-refractivity contribution in [2.75, 3.05) is 26.9 Å². The molecule has 0 bridgehead atoms. The minimum atomic E-state index is -0.763. The van der Waals surface area contributed by atoms with E-state index in [1.54, 1.807) is 56.0 Å². The van der Waals surface area contributed by atoms with Crippen molar-refractivity contribution in [1.82, 2.24) is 14.5 Å². The summed E-state index contributed by atoms with van der Waals surface area (Å²) in [6.45, 7) is 1.79. The Hall–Kier alpha value is -4.27. The number of likely N-dealkylation sites (tertiary alicyclic amines) is 1. The number of Topliss-reactive ketones (excluding diaryl/α,β-unsaturated/α-hetero) is 1. The Bertz CT molecular complexity index is 1280. The number of carbonyl (C=O) groups excluding carboxylic acids is 2. The van der Waals surface area contributed by atoms with Crippen LogP contribution in [-0.4, -0.2) is 58.1 Å². The fraction of sp³-hybridized carbons (Fsp3) is 0.269. The highest BCUT2D eigenvalue weighted by atomic mass is 16.6. The van der Waals surface area contributed by atoms with Gasteiger partial charge in [-0.2, -0.15) is 0 Å². The van der Waals surface area contributed by atoms with Gasteiger partial charge in [0.05, 0.1) is 25.1 Å². The number of nitrogens with zero attached hydrogens (tertiary/aromatic N) is 3. The molecule has 35 heavy (non-hydrogen) atoms. The largest absolute Gasteiger partial charge is 0.507 e. The van der Waals surface area contributed by atoms with Crippen molar-refractivity contribution in [3.8, 4) is 17.2 Å². The molecule has 0 aliphatic carbocycles. The molecule has 0 spiro atoms. The van der Waals surface area contributed by atoms with E-state index in [-0.39, 0.29) is 11.3 Å². The minimum absolute atomic E-state index is 0.0301. The molecular formula is C26H25N3O6. The van der Waals surface area contributed by atoms with Gasteiger partial charge < -0.3 is 28.8 Å². The summed E-state index contributed by atoms with van der Waals surface area (Å²) in [5, 5.41) is 11.3. The van der Waals surface area contributed by atoms with E-state index in [0.717, 1.165) is 0 Å². The number of imidazole rings is 1. The Morgan fingerprint density at radius 2 is 1.94 bits per heavy atom. The standard InChI is InChI=1S/C26H25N3O6/c1-33-19-5-2-4-17(14-19)23-22(24(30)18-6-7-20-21(15-18)35-13-12-34-20)25(31)26(32)29(23)10-3-9-28-11-8-27-16-28/h2,4-8,11,14-16,23,30H,3,9-10,12-13H2,1H3/t23-/m0/s1. The number of rotatable bonds is 7. The van der Waals surface area contributed by atoms with Crippen molar-refractivity contribution in [2.24, 2.45) is 0 Å². The van der Waals surface area contributed by atoms with Gasteiger partial charge in [0.2, 0.25) is 0 Å². The molecule has 3 aromatic rings. The molecule has 5 rings (SSSR count). The highest BCUT2D eigenvalue weighted by Gasteiger charge is 2.46. The first-order chi connectivity index (χ1) is 17.1. The minimum Gasteiger partial charge on any atom is -0.507 e. The number of ether oxygens (including phenoxy) is 3. The second kappa shape index (κ2) is 9.54. The molecule has 1 aromatic heterocycles. The summed E-state index contributed by atoms with van der Waals surface area (Å²) in [5.41, 5.74) is 1.08. The van der Waals surface area contributed by atoms with E-state index < -0.39 is 17.7 Å². The lowest BCUT2D eigenvalue weighted by atomic mass is 9.95. The lowest BCUT2D eigenvalue weighted by Gasteiger charge is -2.26. The SMILES string of the molecule is COc1cccc([C@H]2C(=C(O)c3ccc4c(c3)OCCO4)C(=O)C(=O)N2CCCn2ccnc2)c1. The first-order valence-electron chi connectivity index (χ1n) is 11.3. The Kier molecular flexibility index (Phi) is 6.13. The van der Waals surface area contributed by atoms with Gasteiger partial charge in [-0.3, -0.25) is 9.59 Å². The molecule has 0 unspecified atom stereocenters. The molecule has 180 valence electrons. The van der Waals surface area contributed by atoms with E-state index in [1.807, 2.05) is 16.8 Å². The van der Waals surface area contributed by atoms with Crippen LogP contribution in [0.25, 0.3) is 5.76 Å². The maximum Gasteiger partial charge on any atom is 0.295 e. The van der Waals surface area contributed by atoms with Crippen LogP contribution in [0.15, 0.2) is 66.8 Å². The van der Waals surface area contributed by atoms with Crippen LogP contribution in [0.2, 0.25) is 0 Å². The van der Waals surface area contributed by atoms with Crippen molar-refractivity contribution in [3.05, 3.63) is 77.9 Å². The Balaban J connectivity index is 1.54. The molecular weight excluding hydrogens is 450 g/mol. The maximum atomic E-state index is 13.2. The summed E-state index contributed by atoms with van der Waals surface area (Å²) in [7, 11) is 1.55. The van der Waals surface area contributed by atoms with Crippen molar-refractivity contribution < 1.29 is 28.9 Å². The van der Waals surface area contributed by atoms with Gasteiger partial charge >= 0.3 is 0 Å². The third kappa shape index (κ3) is 4.32. The van der Waals surface area contributed by atoms with E-state index in [4.69, 9.17) is 14.2 Å². The number of hydrogen-bond donors (Lipinski definition) is 1. The van der Waals surface area contributed by atoms with Crippen LogP contribution in [-0.2, 0) is 16.1 Å². The van der Waals surface area contributed by atoms with Gasteiger partial charge in [-0.15, -0.1) is 0 Å². The number of methoxy groups -OCH3 is 1. The van der Waals surface area contributed by atoms with Gasteiger partial charge in [-0.05, 0) is 42.3 Å². The van der Waals surface area contributed by atoms with Crippen LogP contribution in [0.4, 0.5) is 0 Å². The summed E-state index contributed by atoms with van der Waals surface area (Å²) < 4.78 is 18.5. The zero-order valence-electron chi connectivity index (χ0n) is 19.2. The van der Waals surface area contributed by atoms with Crippen LogP contribution < -0.4 is 14.2 Å². The number of carbonyl (C=O) groups is 2. The van der Waals surface area contributed by atoms with Crippen LogP contribution in [0.5, 0.6) is 17.2 Å². The van der Waals surface area contributed by atoms with Gasteiger partial charge in [-0.1, -0.05) is 12.1 Å². The number of amides is 1. The summed E-state index contributed by atoms with van der Waals surface area (Å²) in [5.74, 6) is -0.00337. The Labute approximate surface area is 202 Å². The number of aryl methyl sites for hydroxylation is 1. The molecule has 1 amide bonds. The zero-order valence-corrected chi connectivity index (χ0v) is 19.2. The first-order valence-corrected chi connectivity index (χ1v) is 11.3. The Morgan fingerprint density at radius 1 is 1.11 bits per heavy atom. The van der Waals surface area contributed by atoms with Crippen molar-refractivity contribution in [3.63, 3.8) is 0 Å². The summed E-state index contributed by atoms with van der Waals surface area (Å²) in [6, 6.07) is 11.4. The number of hydrogen-bond acceptors (Lipinski definition) is 7. The molecule has 1 saturated heterocycles. The summed E-state index contributed by atoms with van der Waals surface area (Å²) in [4.78, 5) is 31.9. The second-order valence-electron chi connectivity index (χ2n) is 8.28. The van der Waals surface area contributed by atoms with Crippen molar-refractivity contribution >= 4 is 17.4 Å². The molecule has 0 radical (unpaired) electrons. The molecule has 9 nitrogen and oxygen atoms in total. The monoisotopic (exact) mass is 475 g/mol. The van der Waals surface area contributed by atoms with E-state index in [1.165, 1.54) is 4.90 Å². The number of ketones is 1. The maximum absolute atomic E-state index is 13.2. The zero-order chi connectivity index (χ0) is 24.4. The van der Waals surface area contributed by atoms with Crippen molar-refractivity contribution in [1.29, 1.82) is 0 Å². The number of aliphatic hydroxyl groups is 1. The van der Waals surface area contributed by atoms with Crippen molar-refractivity contribution in [2.45, 2.75) is 19.0 Å². The van der Waals surface area contributed by atoms with Gasteiger partial charge in [0.15, 0.2) is 11.5 Å². The van der Waals surface area contributed by atoms with E-state index in [2.05, 4.69) is 4.98 Å². The molecule has 1 N–H and O–H groups in total. The molecule has 2 aliphatic rings. The van der Waals surface area contributed by atoms with Gasteiger partial charge in [-0.25, -0.2) is 4.98 Å². The molecule has 2 aromatic carbocycles. The molecule has 3 heterocycles. The molecule has 2 aliphatic heterocycles. The Morgan fingerprint density at radius 3 is 2.71 bits per heavy atom. The smallest absolute Gasteiger partial charge is 0.295 e. The molecule has 1 fully saturated rings. The normalized spacial score (nSPS) is 18.7. The number of aliphatic hydroxyl groups excluding tert-OH is 1. The number of aromatic nitrogens is 2. The third-order valence-electron chi connectivity index (χ3n) is 6.14. The van der Waals surface area contributed by atoms with Crippen LogP contribution in [0.3, 0.4) is 0 Å². The average molecular weight is 476 g/mol. The predicted octanol–water partition coefficient (Wildman–Crippen LogP) is 3.17. The lowest BCUT2D eigenvalue weighted by Crippen LogP contribution is -2.31. The van der Waals surface area contributed by atoms with E-state index in [0.29, 0.717) is 61.1 Å². The number of fused-ring (bicyclic) bond motifs is 1. The van der Waals surface area contributed by atoms with E-state index in [9.17, 15) is 14.7 Å². The second-order valence-corrected chi connectivity index (χ2v) is 8.28.